The molecule has 5 aromatic rings. The second kappa shape index (κ2) is 6.66. The number of aromatic nitrogens is 2. The number of benzene rings is 3. The lowest BCUT2D eigenvalue weighted by Gasteiger charge is -2.41. The molecule has 0 fully saturated rings. The molecule has 0 aliphatic heterocycles. The summed E-state index contributed by atoms with van der Waals surface area (Å²) in [5.74, 6) is 0. The Kier molecular flexibility index (Phi) is 4.12. The standard InChI is InChI=1S/C30H31N2O/c1-18-11-13-22-21-14-12-19-9-7-8-10-20(19)27(21)33-28(22)24(18)26-25-23(17-31-32(26)6)29(2,3)15-16-30(25,4)5/h7-14,17H,15-16H2,1-6H3/q+1. The van der Waals surface area contributed by atoms with Crippen LogP contribution in [0.5, 0.6) is 0 Å². The van der Waals surface area contributed by atoms with Crippen molar-refractivity contribution in [3.8, 4) is 11.3 Å². The summed E-state index contributed by atoms with van der Waals surface area (Å²) in [7, 11) is 2.07. The van der Waals surface area contributed by atoms with E-state index in [4.69, 9.17) is 9.52 Å². The zero-order valence-corrected chi connectivity index (χ0v) is 20.4. The molecular weight excluding hydrogens is 404 g/mol. The van der Waals surface area contributed by atoms with Gasteiger partial charge in [-0.3, -0.25) is 0 Å². The van der Waals surface area contributed by atoms with Gasteiger partial charge in [-0.05, 0) is 58.3 Å². The van der Waals surface area contributed by atoms with Crippen LogP contribution in [0.15, 0.2) is 59.1 Å². The quantitative estimate of drug-likeness (QED) is 0.259. The van der Waals surface area contributed by atoms with Crippen LogP contribution in [0.4, 0.5) is 0 Å². The highest BCUT2D eigenvalue weighted by Crippen LogP contribution is 2.49. The highest BCUT2D eigenvalue weighted by atomic mass is 16.3. The molecule has 2 heterocycles. The van der Waals surface area contributed by atoms with Crippen LogP contribution in [0, 0.1) is 6.92 Å². The molecule has 0 spiro atoms. The van der Waals surface area contributed by atoms with E-state index < -0.39 is 0 Å². The Hall–Kier alpha value is -3.20. The fourth-order valence-corrected chi connectivity index (χ4v) is 5.89. The zero-order chi connectivity index (χ0) is 23.1. The number of hydrogen-bond acceptors (Lipinski definition) is 2. The first-order chi connectivity index (χ1) is 15.7. The van der Waals surface area contributed by atoms with Gasteiger partial charge in [0.15, 0.2) is 7.05 Å². The lowest BCUT2D eigenvalue weighted by Crippen LogP contribution is -2.44. The van der Waals surface area contributed by atoms with E-state index in [2.05, 4.69) is 101 Å². The van der Waals surface area contributed by atoms with Crippen LogP contribution in [0.3, 0.4) is 0 Å². The largest absolute Gasteiger partial charge is 0.454 e. The third-order valence-corrected chi connectivity index (χ3v) is 7.95. The molecule has 0 atom stereocenters. The lowest BCUT2D eigenvalue weighted by atomic mass is 9.62. The summed E-state index contributed by atoms with van der Waals surface area (Å²) in [6.07, 6.45) is 4.42. The normalized spacial score (nSPS) is 17.0. The molecule has 3 aromatic carbocycles. The Labute approximate surface area is 195 Å². The van der Waals surface area contributed by atoms with E-state index in [9.17, 15) is 0 Å². The Morgan fingerprint density at radius 2 is 1.52 bits per heavy atom. The third-order valence-electron chi connectivity index (χ3n) is 7.95. The molecule has 0 amide bonds. The van der Waals surface area contributed by atoms with Gasteiger partial charge in [0.05, 0.1) is 11.8 Å². The van der Waals surface area contributed by atoms with Crippen LogP contribution in [-0.2, 0) is 17.9 Å². The third kappa shape index (κ3) is 2.81. The fraction of sp³-hybridized carbons (Fsp3) is 0.333. The van der Waals surface area contributed by atoms with E-state index in [1.54, 1.807) is 0 Å². The molecule has 33 heavy (non-hydrogen) atoms. The van der Waals surface area contributed by atoms with Gasteiger partial charge in [0.2, 0.25) is 5.69 Å². The maximum absolute atomic E-state index is 6.76. The van der Waals surface area contributed by atoms with Crippen LogP contribution >= 0.6 is 0 Å². The first-order valence-electron chi connectivity index (χ1n) is 11.9. The van der Waals surface area contributed by atoms with Gasteiger partial charge >= 0.3 is 0 Å². The Balaban J connectivity index is 1.78. The molecule has 6 rings (SSSR count). The Bertz CT molecular complexity index is 1590. The molecule has 0 radical (unpaired) electrons. The SMILES string of the molecule is Cc1ccc2c(oc3c4ccccc4ccc23)c1-c1c2c(cn[n+]1C)C(C)(C)CCC2(C)C. The van der Waals surface area contributed by atoms with E-state index in [-0.39, 0.29) is 10.8 Å². The number of rotatable bonds is 1. The predicted molar refractivity (Wildman–Crippen MR) is 136 cm³/mol. The van der Waals surface area contributed by atoms with Gasteiger partial charge < -0.3 is 4.42 Å². The second-order valence-corrected chi connectivity index (χ2v) is 11.1. The molecule has 0 saturated heterocycles. The zero-order valence-electron chi connectivity index (χ0n) is 20.4. The lowest BCUT2D eigenvalue weighted by molar-refractivity contribution is -0.720. The summed E-state index contributed by atoms with van der Waals surface area (Å²) in [5, 5.41) is 9.56. The molecule has 0 unspecified atom stereocenters. The Morgan fingerprint density at radius 1 is 0.818 bits per heavy atom. The molecule has 0 saturated carbocycles. The topological polar surface area (TPSA) is 29.9 Å². The molecule has 3 heteroatoms. The Morgan fingerprint density at radius 3 is 2.33 bits per heavy atom. The van der Waals surface area contributed by atoms with E-state index in [1.165, 1.54) is 50.5 Å². The van der Waals surface area contributed by atoms with Crippen molar-refractivity contribution in [1.29, 1.82) is 0 Å². The van der Waals surface area contributed by atoms with Gasteiger partial charge in [0.25, 0.3) is 0 Å². The van der Waals surface area contributed by atoms with Crippen molar-refractivity contribution in [3.05, 3.63) is 71.4 Å². The van der Waals surface area contributed by atoms with E-state index >= 15 is 0 Å². The maximum atomic E-state index is 6.76. The van der Waals surface area contributed by atoms with Gasteiger partial charge in [0, 0.05) is 21.7 Å². The predicted octanol–water partition coefficient (Wildman–Crippen LogP) is 7.28. The average molecular weight is 436 g/mol. The second-order valence-electron chi connectivity index (χ2n) is 11.1. The summed E-state index contributed by atoms with van der Waals surface area (Å²) in [4.78, 5) is 0. The minimum absolute atomic E-state index is 0.0637. The van der Waals surface area contributed by atoms with Crippen molar-refractivity contribution in [2.24, 2.45) is 7.05 Å². The number of aryl methyl sites for hydroxylation is 2. The monoisotopic (exact) mass is 435 g/mol. The molecular formula is C30H31N2O+. The van der Waals surface area contributed by atoms with E-state index in [1.807, 2.05) is 0 Å². The molecule has 0 N–H and O–H groups in total. The van der Waals surface area contributed by atoms with Crippen molar-refractivity contribution < 1.29 is 9.10 Å². The summed E-state index contributed by atoms with van der Waals surface area (Å²) >= 11 is 0. The van der Waals surface area contributed by atoms with Gasteiger partial charge in [-0.1, -0.05) is 74.8 Å². The first kappa shape index (κ1) is 20.4. The molecule has 166 valence electrons. The summed E-state index contributed by atoms with van der Waals surface area (Å²) in [5.41, 5.74) is 8.46. The van der Waals surface area contributed by atoms with E-state index in [0.717, 1.165) is 23.0 Å². The minimum Gasteiger partial charge on any atom is -0.454 e. The molecule has 1 aliphatic rings. The van der Waals surface area contributed by atoms with Gasteiger partial charge in [0.1, 0.15) is 11.2 Å². The molecule has 3 nitrogen and oxygen atoms in total. The molecule has 2 aromatic heterocycles. The van der Waals surface area contributed by atoms with Gasteiger partial charge in [-0.2, -0.15) is 0 Å². The summed E-state index contributed by atoms with van der Waals surface area (Å²) < 4.78 is 8.82. The van der Waals surface area contributed by atoms with Crippen LogP contribution in [0.25, 0.3) is 44.0 Å². The maximum Gasteiger partial charge on any atom is 0.246 e. The van der Waals surface area contributed by atoms with Gasteiger partial charge in [-0.15, -0.1) is 0 Å². The molecule has 1 aliphatic carbocycles. The van der Waals surface area contributed by atoms with E-state index in [0.29, 0.717) is 0 Å². The van der Waals surface area contributed by atoms with Crippen LogP contribution in [0.1, 0.15) is 57.2 Å². The van der Waals surface area contributed by atoms with Crippen molar-refractivity contribution in [2.45, 2.75) is 58.3 Å². The highest BCUT2D eigenvalue weighted by molar-refractivity contribution is 6.17. The number of fused-ring (bicyclic) bond motifs is 6. The van der Waals surface area contributed by atoms with Crippen molar-refractivity contribution in [1.82, 2.24) is 5.10 Å². The number of furan rings is 1. The van der Waals surface area contributed by atoms with Gasteiger partial charge in [-0.25, -0.2) is 0 Å². The van der Waals surface area contributed by atoms with Crippen molar-refractivity contribution in [3.63, 3.8) is 0 Å². The van der Waals surface area contributed by atoms with Crippen LogP contribution < -0.4 is 4.68 Å². The van der Waals surface area contributed by atoms with Crippen LogP contribution in [-0.4, -0.2) is 5.10 Å². The van der Waals surface area contributed by atoms with Crippen molar-refractivity contribution in [2.75, 3.05) is 0 Å². The average Bonchev–Trinajstić information content (AvgIpc) is 3.16. The summed E-state index contributed by atoms with van der Waals surface area (Å²) in [6, 6.07) is 17.3. The fourth-order valence-electron chi connectivity index (χ4n) is 5.89. The highest BCUT2D eigenvalue weighted by Gasteiger charge is 2.43. The number of nitrogens with zero attached hydrogens (tertiary/aromatic N) is 2. The van der Waals surface area contributed by atoms with Crippen molar-refractivity contribution >= 4 is 32.7 Å². The van der Waals surface area contributed by atoms with Crippen LogP contribution in [0.2, 0.25) is 0 Å². The molecule has 0 bridgehead atoms. The minimum atomic E-state index is 0.0637. The number of hydrogen-bond donors (Lipinski definition) is 0. The summed E-state index contributed by atoms with van der Waals surface area (Å²) in [6.45, 7) is 11.7. The smallest absolute Gasteiger partial charge is 0.246 e. The first-order valence-corrected chi connectivity index (χ1v) is 11.9.